The second-order valence-electron chi connectivity index (χ2n) is 8.16. The lowest BCUT2D eigenvalue weighted by Gasteiger charge is -2.26. The Balaban J connectivity index is 1.42. The van der Waals surface area contributed by atoms with Gasteiger partial charge in [0.25, 0.3) is 0 Å². The third-order valence-corrected chi connectivity index (χ3v) is 6.85. The van der Waals surface area contributed by atoms with Gasteiger partial charge in [-0.1, -0.05) is 19.1 Å². The van der Waals surface area contributed by atoms with E-state index in [4.69, 9.17) is 4.74 Å². The summed E-state index contributed by atoms with van der Waals surface area (Å²) in [6.45, 7) is 3.19. The fraction of sp³-hybridized carbons (Fsp3) is 0.320. The summed E-state index contributed by atoms with van der Waals surface area (Å²) < 4.78 is 5.47. The quantitative estimate of drug-likeness (QED) is 0.508. The smallest absolute Gasteiger partial charge is 0.410 e. The Kier molecular flexibility index (Phi) is 7.64. The van der Waals surface area contributed by atoms with Crippen LogP contribution in [0.2, 0.25) is 0 Å². The molecule has 1 unspecified atom stereocenters. The van der Waals surface area contributed by atoms with Crippen LogP contribution in [-0.2, 0) is 29.1 Å². The van der Waals surface area contributed by atoms with Crippen molar-refractivity contribution in [3.63, 3.8) is 0 Å². The summed E-state index contributed by atoms with van der Waals surface area (Å²) in [6, 6.07) is 7.53. The number of hydrogen-bond acceptors (Lipinski definition) is 7. The van der Waals surface area contributed by atoms with E-state index in [-0.39, 0.29) is 24.5 Å². The zero-order chi connectivity index (χ0) is 23.9. The van der Waals surface area contributed by atoms with Crippen LogP contribution >= 0.6 is 11.3 Å². The van der Waals surface area contributed by atoms with Crippen molar-refractivity contribution in [2.24, 2.45) is 4.99 Å². The van der Waals surface area contributed by atoms with Crippen LogP contribution in [-0.4, -0.2) is 46.7 Å². The van der Waals surface area contributed by atoms with E-state index in [1.54, 1.807) is 42.9 Å². The molecule has 0 fully saturated rings. The van der Waals surface area contributed by atoms with E-state index >= 15 is 0 Å². The van der Waals surface area contributed by atoms with Gasteiger partial charge in [-0.05, 0) is 35.6 Å². The van der Waals surface area contributed by atoms with Crippen LogP contribution in [0, 0.1) is 0 Å². The van der Waals surface area contributed by atoms with Crippen LogP contribution in [0.4, 0.5) is 9.80 Å². The molecule has 0 radical (unpaired) electrons. The molecule has 0 bridgehead atoms. The number of aromatic nitrogens is 2. The number of aliphatic imine (C=N–C) groups is 1. The van der Waals surface area contributed by atoms with Gasteiger partial charge < -0.3 is 15.0 Å². The zero-order valence-corrected chi connectivity index (χ0v) is 20.0. The molecule has 0 saturated heterocycles. The number of carbonyl (C=O) groups excluding carboxylic acids is 2. The fourth-order valence-corrected chi connectivity index (χ4v) is 5.16. The molecule has 0 saturated carbocycles. The topological polar surface area (TPSA) is 96.8 Å². The number of ether oxygens (including phenoxy) is 1. The third-order valence-electron chi connectivity index (χ3n) is 5.70. The molecule has 9 heteroatoms. The summed E-state index contributed by atoms with van der Waals surface area (Å²) in [5.74, 6) is -0.00917. The average molecular weight is 478 g/mol. The van der Waals surface area contributed by atoms with Crippen LogP contribution in [0.15, 0.2) is 54.0 Å². The first-order chi connectivity index (χ1) is 16.5. The summed E-state index contributed by atoms with van der Waals surface area (Å²) in [5, 5.41) is 3.84. The Labute approximate surface area is 202 Å². The van der Waals surface area contributed by atoms with Gasteiger partial charge in [-0.15, -0.1) is 11.3 Å². The molecule has 1 aliphatic rings. The maximum Gasteiger partial charge on any atom is 0.410 e. The SMILES string of the molecule is CN=Cc1c(NC(=O)CC(C)c2cccnc2)sc2c1CCN(C(=O)OCc1cccnc1)C2. The van der Waals surface area contributed by atoms with Gasteiger partial charge in [0.15, 0.2) is 0 Å². The second-order valence-corrected chi connectivity index (χ2v) is 9.27. The van der Waals surface area contributed by atoms with Crippen molar-refractivity contribution < 1.29 is 14.3 Å². The third kappa shape index (κ3) is 5.66. The first-order valence-corrected chi connectivity index (χ1v) is 11.9. The second kappa shape index (κ2) is 11.0. The normalized spacial score (nSPS) is 14.0. The minimum Gasteiger partial charge on any atom is -0.444 e. The molecule has 8 nitrogen and oxygen atoms in total. The predicted octanol–water partition coefficient (Wildman–Crippen LogP) is 4.41. The fourth-order valence-electron chi connectivity index (χ4n) is 3.90. The lowest BCUT2D eigenvalue weighted by Crippen LogP contribution is -2.35. The summed E-state index contributed by atoms with van der Waals surface area (Å²) in [5.41, 5.74) is 3.92. The first-order valence-electron chi connectivity index (χ1n) is 11.1. The predicted molar refractivity (Wildman–Crippen MR) is 132 cm³/mol. The van der Waals surface area contributed by atoms with Gasteiger partial charge in [0, 0.05) is 67.0 Å². The van der Waals surface area contributed by atoms with Crippen LogP contribution in [0.5, 0.6) is 0 Å². The molecule has 1 atom stereocenters. The molecule has 1 aliphatic heterocycles. The highest BCUT2D eigenvalue weighted by atomic mass is 32.1. The molecule has 34 heavy (non-hydrogen) atoms. The van der Waals surface area contributed by atoms with Crippen molar-refractivity contribution in [2.75, 3.05) is 18.9 Å². The Bertz CT molecular complexity index is 1160. The summed E-state index contributed by atoms with van der Waals surface area (Å²) >= 11 is 1.49. The van der Waals surface area contributed by atoms with Gasteiger partial charge in [-0.25, -0.2) is 4.79 Å². The van der Waals surface area contributed by atoms with Gasteiger partial charge >= 0.3 is 6.09 Å². The van der Waals surface area contributed by atoms with E-state index in [0.717, 1.165) is 32.1 Å². The van der Waals surface area contributed by atoms with Crippen LogP contribution < -0.4 is 5.32 Å². The van der Waals surface area contributed by atoms with Crippen LogP contribution in [0.25, 0.3) is 0 Å². The maximum absolute atomic E-state index is 12.8. The highest BCUT2D eigenvalue weighted by Crippen LogP contribution is 2.37. The number of amides is 2. The number of pyridine rings is 2. The van der Waals surface area contributed by atoms with Gasteiger partial charge in [0.2, 0.25) is 5.91 Å². The van der Waals surface area contributed by atoms with Gasteiger partial charge in [0.1, 0.15) is 11.6 Å². The molecule has 2 amide bonds. The highest BCUT2D eigenvalue weighted by molar-refractivity contribution is 7.16. The van der Waals surface area contributed by atoms with Crippen LogP contribution in [0.1, 0.15) is 46.4 Å². The summed E-state index contributed by atoms with van der Waals surface area (Å²) in [7, 11) is 1.71. The van der Waals surface area contributed by atoms with E-state index in [9.17, 15) is 9.59 Å². The number of anilines is 1. The molecule has 0 aromatic carbocycles. The lowest BCUT2D eigenvalue weighted by atomic mass is 9.99. The molecular weight excluding hydrogens is 450 g/mol. The monoisotopic (exact) mass is 477 g/mol. The zero-order valence-electron chi connectivity index (χ0n) is 19.2. The van der Waals surface area contributed by atoms with Crippen LogP contribution in [0.3, 0.4) is 0 Å². The van der Waals surface area contributed by atoms with Gasteiger partial charge in [-0.2, -0.15) is 0 Å². The van der Waals surface area contributed by atoms with E-state index in [1.165, 1.54) is 11.3 Å². The Morgan fingerprint density at radius 2 is 2.06 bits per heavy atom. The average Bonchev–Trinajstić information content (AvgIpc) is 3.19. The van der Waals surface area contributed by atoms with Crippen molar-refractivity contribution in [3.8, 4) is 0 Å². The number of rotatable bonds is 7. The number of hydrogen-bond donors (Lipinski definition) is 1. The van der Waals surface area contributed by atoms with Gasteiger partial charge in [-0.3, -0.25) is 19.8 Å². The number of thiophene rings is 1. The van der Waals surface area contributed by atoms with E-state index < -0.39 is 0 Å². The minimum absolute atomic E-state index is 0.0525. The summed E-state index contributed by atoms with van der Waals surface area (Å²) in [4.78, 5) is 40.5. The Hall–Kier alpha value is -3.59. The Morgan fingerprint density at radius 1 is 1.26 bits per heavy atom. The van der Waals surface area contributed by atoms with Crippen molar-refractivity contribution in [2.45, 2.75) is 38.8 Å². The Morgan fingerprint density at radius 3 is 2.76 bits per heavy atom. The van der Waals surface area contributed by atoms with E-state index in [2.05, 4.69) is 20.3 Å². The van der Waals surface area contributed by atoms with Gasteiger partial charge in [0.05, 0.1) is 6.54 Å². The van der Waals surface area contributed by atoms with Crippen molar-refractivity contribution in [1.29, 1.82) is 0 Å². The molecule has 0 aliphatic carbocycles. The molecule has 3 aromatic rings. The van der Waals surface area contributed by atoms with E-state index in [1.807, 2.05) is 31.2 Å². The molecule has 3 aromatic heterocycles. The number of nitrogens with zero attached hydrogens (tertiary/aromatic N) is 4. The molecule has 0 spiro atoms. The molecule has 176 valence electrons. The number of nitrogens with one attached hydrogen (secondary N) is 1. The largest absolute Gasteiger partial charge is 0.444 e. The molecule has 4 rings (SSSR count). The van der Waals surface area contributed by atoms with Crippen molar-refractivity contribution >= 4 is 34.6 Å². The van der Waals surface area contributed by atoms with Crippen molar-refractivity contribution in [1.82, 2.24) is 14.9 Å². The maximum atomic E-state index is 12.8. The first kappa shape index (κ1) is 23.6. The molecule has 4 heterocycles. The minimum atomic E-state index is -0.357. The number of carbonyl (C=O) groups is 2. The van der Waals surface area contributed by atoms with Crippen molar-refractivity contribution in [3.05, 3.63) is 76.2 Å². The lowest BCUT2D eigenvalue weighted by molar-refractivity contribution is -0.116. The summed E-state index contributed by atoms with van der Waals surface area (Å²) in [6.07, 6.45) is 9.33. The standard InChI is InChI=1S/C25H27N5O3S/c1-17(19-6-4-9-28-13-19)11-23(31)29-24-21(14-26-2)20-7-10-30(15-22(20)34-24)25(32)33-16-18-5-3-8-27-12-18/h3-6,8-9,12-14,17H,7,10-11,15-16H2,1-2H3,(H,29,31). The van der Waals surface area contributed by atoms with E-state index in [0.29, 0.717) is 25.9 Å². The number of fused-ring (bicyclic) bond motifs is 1. The highest BCUT2D eigenvalue weighted by Gasteiger charge is 2.28. The molecular formula is C25H27N5O3S. The molecule has 1 N–H and O–H groups in total.